The third-order valence-electron chi connectivity index (χ3n) is 3.06. The number of hydrogen-bond donors (Lipinski definition) is 2. The minimum Gasteiger partial charge on any atom is -0.384 e. The molecule has 1 aliphatic heterocycles. The van der Waals surface area contributed by atoms with Gasteiger partial charge in [0, 0.05) is 49.9 Å². The van der Waals surface area contributed by atoms with Gasteiger partial charge in [-0.05, 0) is 30.5 Å². The van der Waals surface area contributed by atoms with Gasteiger partial charge in [0.25, 0.3) is 0 Å². The van der Waals surface area contributed by atoms with Gasteiger partial charge in [0.1, 0.15) is 0 Å². The molecule has 1 saturated heterocycles. The van der Waals surface area contributed by atoms with Crippen LogP contribution in [0.1, 0.15) is 0 Å². The van der Waals surface area contributed by atoms with E-state index in [1.54, 1.807) is 11.8 Å². The minimum absolute atomic E-state index is 1.03. The van der Waals surface area contributed by atoms with E-state index in [4.69, 9.17) is 0 Å². The van der Waals surface area contributed by atoms with Crippen molar-refractivity contribution < 1.29 is 0 Å². The van der Waals surface area contributed by atoms with Crippen LogP contribution in [-0.4, -0.2) is 50.4 Å². The van der Waals surface area contributed by atoms with E-state index in [-0.39, 0.29) is 0 Å². The van der Waals surface area contributed by atoms with Crippen molar-refractivity contribution >= 4 is 17.4 Å². The minimum atomic E-state index is 1.03. The largest absolute Gasteiger partial charge is 0.384 e. The summed E-state index contributed by atoms with van der Waals surface area (Å²) in [6.45, 7) is 6.76. The molecule has 1 aromatic rings. The van der Waals surface area contributed by atoms with Crippen LogP contribution in [-0.2, 0) is 0 Å². The van der Waals surface area contributed by atoms with Gasteiger partial charge in [0.15, 0.2) is 0 Å². The zero-order chi connectivity index (χ0) is 11.9. The summed E-state index contributed by atoms with van der Waals surface area (Å²) < 4.78 is 0. The summed E-state index contributed by atoms with van der Waals surface area (Å²) in [6, 6.07) is 8.64. The number of benzene rings is 1. The van der Waals surface area contributed by atoms with Gasteiger partial charge in [-0.2, -0.15) is 0 Å². The summed E-state index contributed by atoms with van der Waals surface area (Å²) in [4.78, 5) is 3.82. The molecule has 2 rings (SSSR count). The zero-order valence-corrected chi connectivity index (χ0v) is 11.2. The lowest BCUT2D eigenvalue weighted by Gasteiger charge is -2.27. The highest BCUT2D eigenvalue weighted by Crippen LogP contribution is 2.17. The van der Waals surface area contributed by atoms with Crippen LogP contribution < -0.4 is 10.6 Å². The van der Waals surface area contributed by atoms with Crippen LogP contribution in [0.15, 0.2) is 29.2 Å². The summed E-state index contributed by atoms with van der Waals surface area (Å²) in [5.74, 6) is 0. The maximum absolute atomic E-state index is 3.47. The highest BCUT2D eigenvalue weighted by Gasteiger charge is 2.07. The van der Waals surface area contributed by atoms with Gasteiger partial charge in [-0.15, -0.1) is 11.8 Å². The fourth-order valence-corrected chi connectivity index (χ4v) is 2.41. The quantitative estimate of drug-likeness (QED) is 0.779. The van der Waals surface area contributed by atoms with E-state index in [9.17, 15) is 0 Å². The van der Waals surface area contributed by atoms with Crippen molar-refractivity contribution in [3.8, 4) is 0 Å². The first kappa shape index (κ1) is 12.7. The van der Waals surface area contributed by atoms with Gasteiger partial charge in [-0.25, -0.2) is 0 Å². The van der Waals surface area contributed by atoms with Crippen molar-refractivity contribution in [3.63, 3.8) is 0 Å². The van der Waals surface area contributed by atoms with Gasteiger partial charge < -0.3 is 10.6 Å². The van der Waals surface area contributed by atoms with Gasteiger partial charge in [-0.1, -0.05) is 0 Å². The lowest BCUT2D eigenvalue weighted by Crippen LogP contribution is -2.45. The Labute approximate surface area is 108 Å². The normalized spacial score (nSPS) is 17.0. The maximum Gasteiger partial charge on any atom is 0.0341 e. The number of hydrogen-bond acceptors (Lipinski definition) is 4. The van der Waals surface area contributed by atoms with E-state index in [1.807, 2.05) is 0 Å². The summed E-state index contributed by atoms with van der Waals surface area (Å²) in [7, 11) is 0. The molecule has 0 spiro atoms. The van der Waals surface area contributed by atoms with E-state index in [0.717, 1.165) is 26.2 Å². The van der Waals surface area contributed by atoms with Gasteiger partial charge in [0.05, 0.1) is 0 Å². The van der Waals surface area contributed by atoms with Crippen molar-refractivity contribution in [2.45, 2.75) is 4.90 Å². The molecule has 4 heteroatoms. The van der Waals surface area contributed by atoms with E-state index < -0.39 is 0 Å². The maximum atomic E-state index is 3.47. The Kier molecular flexibility index (Phi) is 5.16. The lowest BCUT2D eigenvalue weighted by molar-refractivity contribution is 0.249. The molecule has 0 unspecified atom stereocenters. The number of nitrogens with zero attached hydrogens (tertiary/aromatic N) is 1. The molecular formula is C13H21N3S. The average molecular weight is 251 g/mol. The van der Waals surface area contributed by atoms with Gasteiger partial charge >= 0.3 is 0 Å². The molecular weight excluding hydrogens is 230 g/mol. The average Bonchev–Trinajstić information content (AvgIpc) is 2.41. The highest BCUT2D eigenvalue weighted by molar-refractivity contribution is 7.98. The van der Waals surface area contributed by atoms with Crippen molar-refractivity contribution in [1.29, 1.82) is 0 Å². The second kappa shape index (κ2) is 6.89. The first-order valence-electron chi connectivity index (χ1n) is 6.19. The van der Waals surface area contributed by atoms with Crippen LogP contribution in [0, 0.1) is 0 Å². The SMILES string of the molecule is CSc1ccc(NCCN2CCNCC2)cc1. The molecule has 17 heavy (non-hydrogen) atoms. The Morgan fingerprint density at radius 2 is 1.94 bits per heavy atom. The second-order valence-corrected chi connectivity index (χ2v) is 5.13. The standard InChI is InChI=1S/C13H21N3S/c1-17-13-4-2-12(3-5-13)15-8-11-16-9-6-14-7-10-16/h2-5,14-15H,6-11H2,1H3. The molecule has 0 radical (unpaired) electrons. The molecule has 1 fully saturated rings. The van der Waals surface area contributed by atoms with Crippen LogP contribution in [0.2, 0.25) is 0 Å². The van der Waals surface area contributed by atoms with E-state index in [2.05, 4.69) is 46.1 Å². The smallest absolute Gasteiger partial charge is 0.0341 e. The molecule has 0 amide bonds. The van der Waals surface area contributed by atoms with Crippen molar-refractivity contribution in [1.82, 2.24) is 10.2 Å². The molecule has 0 aromatic heterocycles. The molecule has 1 aliphatic rings. The third-order valence-corrected chi connectivity index (χ3v) is 3.80. The Hall–Kier alpha value is -0.710. The van der Waals surface area contributed by atoms with E-state index in [1.165, 1.54) is 23.7 Å². The zero-order valence-electron chi connectivity index (χ0n) is 10.4. The Balaban J connectivity index is 1.69. The molecule has 2 N–H and O–H groups in total. The Morgan fingerprint density at radius 3 is 2.59 bits per heavy atom. The molecule has 0 saturated carbocycles. The van der Waals surface area contributed by atoms with Crippen LogP contribution in [0.4, 0.5) is 5.69 Å². The molecule has 94 valence electrons. The number of thioether (sulfide) groups is 1. The van der Waals surface area contributed by atoms with E-state index >= 15 is 0 Å². The molecule has 0 aliphatic carbocycles. The molecule has 1 heterocycles. The number of anilines is 1. The van der Waals surface area contributed by atoms with Crippen LogP contribution >= 0.6 is 11.8 Å². The van der Waals surface area contributed by atoms with Gasteiger partial charge in [0.2, 0.25) is 0 Å². The van der Waals surface area contributed by atoms with Crippen LogP contribution in [0.5, 0.6) is 0 Å². The first-order valence-corrected chi connectivity index (χ1v) is 7.42. The van der Waals surface area contributed by atoms with Gasteiger partial charge in [-0.3, -0.25) is 4.90 Å². The highest BCUT2D eigenvalue weighted by atomic mass is 32.2. The topological polar surface area (TPSA) is 27.3 Å². The predicted octanol–water partition coefficient (Wildman–Crippen LogP) is 1.73. The van der Waals surface area contributed by atoms with Crippen LogP contribution in [0.3, 0.4) is 0 Å². The van der Waals surface area contributed by atoms with Crippen molar-refractivity contribution in [2.75, 3.05) is 50.8 Å². The summed E-state index contributed by atoms with van der Waals surface area (Å²) >= 11 is 1.78. The van der Waals surface area contributed by atoms with E-state index in [0.29, 0.717) is 0 Å². The molecule has 1 aromatic carbocycles. The molecule has 3 nitrogen and oxygen atoms in total. The van der Waals surface area contributed by atoms with Crippen molar-refractivity contribution in [3.05, 3.63) is 24.3 Å². The predicted molar refractivity (Wildman–Crippen MR) is 76.0 cm³/mol. The molecule has 0 bridgehead atoms. The first-order chi connectivity index (χ1) is 8.38. The third kappa shape index (κ3) is 4.22. The number of piperazine rings is 1. The fraction of sp³-hybridized carbons (Fsp3) is 0.538. The van der Waals surface area contributed by atoms with Crippen molar-refractivity contribution in [2.24, 2.45) is 0 Å². The number of rotatable bonds is 5. The summed E-state index contributed by atoms with van der Waals surface area (Å²) in [5, 5.41) is 6.84. The summed E-state index contributed by atoms with van der Waals surface area (Å²) in [5.41, 5.74) is 1.22. The fourth-order valence-electron chi connectivity index (χ4n) is 2.00. The Morgan fingerprint density at radius 1 is 1.24 bits per heavy atom. The Bertz CT molecular complexity index is 320. The monoisotopic (exact) mass is 251 g/mol. The lowest BCUT2D eigenvalue weighted by atomic mass is 10.3. The summed E-state index contributed by atoms with van der Waals surface area (Å²) in [6.07, 6.45) is 2.10. The second-order valence-electron chi connectivity index (χ2n) is 4.25. The number of nitrogens with one attached hydrogen (secondary N) is 2. The van der Waals surface area contributed by atoms with Crippen LogP contribution in [0.25, 0.3) is 0 Å². The molecule has 0 atom stereocenters.